The molecule has 100 valence electrons. The maximum Gasteiger partial charge on any atom is 0.135 e. The van der Waals surface area contributed by atoms with Gasteiger partial charge < -0.3 is 10.5 Å². The predicted octanol–water partition coefficient (Wildman–Crippen LogP) is 2.67. The van der Waals surface area contributed by atoms with Crippen LogP contribution in [0.1, 0.15) is 21.1 Å². The SMILES string of the molecule is Cc1ccc(OCCc2nc(C)c(C(=N)N)s2)cc1. The number of nitrogen functional groups attached to an aromatic ring is 1. The Morgan fingerprint density at radius 3 is 2.58 bits per heavy atom. The quantitative estimate of drug-likeness (QED) is 0.651. The molecule has 0 aliphatic heterocycles. The van der Waals surface area contributed by atoms with E-state index in [1.165, 1.54) is 16.9 Å². The standard InChI is InChI=1S/C14H17N3OS/c1-9-3-5-11(6-4-9)18-8-7-12-17-10(2)13(19-12)14(15)16/h3-6H,7-8H2,1-2H3,(H3,15,16). The van der Waals surface area contributed by atoms with E-state index in [2.05, 4.69) is 4.98 Å². The topological polar surface area (TPSA) is 72.0 Å². The zero-order valence-electron chi connectivity index (χ0n) is 11.1. The van der Waals surface area contributed by atoms with E-state index in [0.717, 1.165) is 27.7 Å². The number of nitrogens with zero attached hydrogens (tertiary/aromatic N) is 1. The molecule has 0 unspecified atom stereocenters. The lowest BCUT2D eigenvalue weighted by Crippen LogP contribution is -2.10. The van der Waals surface area contributed by atoms with Gasteiger partial charge in [-0.05, 0) is 26.0 Å². The first-order valence-corrected chi connectivity index (χ1v) is 6.88. The fourth-order valence-corrected chi connectivity index (χ4v) is 2.61. The summed E-state index contributed by atoms with van der Waals surface area (Å²) in [5.41, 5.74) is 7.52. The number of benzene rings is 1. The number of aromatic nitrogens is 1. The highest BCUT2D eigenvalue weighted by atomic mass is 32.1. The molecule has 0 bridgehead atoms. The smallest absolute Gasteiger partial charge is 0.135 e. The average Bonchev–Trinajstić information content (AvgIpc) is 2.73. The molecule has 1 aromatic carbocycles. The maximum atomic E-state index is 7.44. The van der Waals surface area contributed by atoms with E-state index in [4.69, 9.17) is 15.9 Å². The molecule has 0 fully saturated rings. The number of hydrogen-bond donors (Lipinski definition) is 2. The van der Waals surface area contributed by atoms with Crippen LogP contribution in [0, 0.1) is 19.3 Å². The van der Waals surface area contributed by atoms with E-state index >= 15 is 0 Å². The summed E-state index contributed by atoms with van der Waals surface area (Å²) >= 11 is 1.46. The normalized spacial score (nSPS) is 10.4. The molecule has 2 aromatic rings. The highest BCUT2D eigenvalue weighted by molar-refractivity contribution is 7.13. The lowest BCUT2D eigenvalue weighted by molar-refractivity contribution is 0.321. The third kappa shape index (κ3) is 3.54. The minimum Gasteiger partial charge on any atom is -0.493 e. The monoisotopic (exact) mass is 275 g/mol. The van der Waals surface area contributed by atoms with E-state index in [1.807, 2.05) is 38.1 Å². The van der Waals surface area contributed by atoms with Gasteiger partial charge >= 0.3 is 0 Å². The van der Waals surface area contributed by atoms with Crippen LogP contribution in [0.25, 0.3) is 0 Å². The molecule has 19 heavy (non-hydrogen) atoms. The van der Waals surface area contributed by atoms with Gasteiger partial charge in [0, 0.05) is 6.42 Å². The number of nitrogens with one attached hydrogen (secondary N) is 1. The molecule has 0 atom stereocenters. The van der Waals surface area contributed by atoms with Crippen LogP contribution in [0.5, 0.6) is 5.75 Å². The van der Waals surface area contributed by atoms with E-state index in [9.17, 15) is 0 Å². The van der Waals surface area contributed by atoms with Crippen LogP contribution in [-0.2, 0) is 6.42 Å². The molecule has 1 aromatic heterocycles. The number of rotatable bonds is 5. The van der Waals surface area contributed by atoms with Crippen molar-refractivity contribution in [1.29, 1.82) is 5.41 Å². The van der Waals surface area contributed by atoms with Gasteiger partial charge in [0.05, 0.1) is 22.2 Å². The second kappa shape index (κ2) is 5.84. The van der Waals surface area contributed by atoms with E-state index in [0.29, 0.717) is 6.61 Å². The van der Waals surface area contributed by atoms with Crippen molar-refractivity contribution in [2.45, 2.75) is 20.3 Å². The fourth-order valence-electron chi connectivity index (χ4n) is 1.70. The summed E-state index contributed by atoms with van der Waals surface area (Å²) in [5.74, 6) is 0.950. The van der Waals surface area contributed by atoms with E-state index in [1.54, 1.807) is 0 Å². The average molecular weight is 275 g/mol. The molecule has 0 saturated carbocycles. The van der Waals surface area contributed by atoms with Crippen LogP contribution in [0.4, 0.5) is 0 Å². The Kier molecular flexibility index (Phi) is 4.16. The van der Waals surface area contributed by atoms with Crippen molar-refractivity contribution in [2.24, 2.45) is 5.73 Å². The summed E-state index contributed by atoms with van der Waals surface area (Å²) in [6.07, 6.45) is 0.729. The summed E-state index contributed by atoms with van der Waals surface area (Å²) < 4.78 is 5.66. The highest BCUT2D eigenvalue weighted by Gasteiger charge is 2.09. The number of hydrogen-bond acceptors (Lipinski definition) is 4. The van der Waals surface area contributed by atoms with Crippen LogP contribution in [-0.4, -0.2) is 17.4 Å². The van der Waals surface area contributed by atoms with Crippen molar-refractivity contribution < 1.29 is 4.74 Å². The van der Waals surface area contributed by atoms with Crippen LogP contribution >= 0.6 is 11.3 Å². The second-order valence-electron chi connectivity index (χ2n) is 4.35. The van der Waals surface area contributed by atoms with Gasteiger partial charge in [-0.2, -0.15) is 0 Å². The Balaban J connectivity index is 1.90. The molecule has 1 heterocycles. The Bertz CT molecular complexity index is 575. The van der Waals surface area contributed by atoms with Crippen molar-refractivity contribution >= 4 is 17.2 Å². The van der Waals surface area contributed by atoms with Gasteiger partial charge in [-0.15, -0.1) is 11.3 Å². The van der Waals surface area contributed by atoms with Crippen LogP contribution in [0.2, 0.25) is 0 Å². The van der Waals surface area contributed by atoms with E-state index < -0.39 is 0 Å². The summed E-state index contributed by atoms with van der Waals surface area (Å²) in [6, 6.07) is 7.97. The van der Waals surface area contributed by atoms with Crippen molar-refractivity contribution in [2.75, 3.05) is 6.61 Å². The lowest BCUT2D eigenvalue weighted by atomic mass is 10.2. The molecule has 0 radical (unpaired) electrons. The maximum absolute atomic E-state index is 7.44. The van der Waals surface area contributed by atoms with Crippen LogP contribution in [0.15, 0.2) is 24.3 Å². The third-order valence-electron chi connectivity index (χ3n) is 2.69. The van der Waals surface area contributed by atoms with E-state index in [-0.39, 0.29) is 5.84 Å². The molecule has 3 N–H and O–H groups in total. The van der Waals surface area contributed by atoms with Crippen molar-refractivity contribution in [3.8, 4) is 5.75 Å². The summed E-state index contributed by atoms with van der Waals surface area (Å²) in [4.78, 5) is 5.15. The first-order chi connectivity index (χ1) is 9.06. The van der Waals surface area contributed by atoms with Crippen molar-refractivity contribution in [1.82, 2.24) is 4.98 Å². The summed E-state index contributed by atoms with van der Waals surface area (Å²) in [5, 5.41) is 8.39. The molecule has 5 heteroatoms. The van der Waals surface area contributed by atoms with Crippen LogP contribution < -0.4 is 10.5 Å². The predicted molar refractivity (Wildman–Crippen MR) is 78.2 cm³/mol. The minimum absolute atomic E-state index is 0.0840. The molecular weight excluding hydrogens is 258 g/mol. The largest absolute Gasteiger partial charge is 0.493 e. The molecule has 0 aliphatic rings. The zero-order valence-corrected chi connectivity index (χ0v) is 11.9. The van der Waals surface area contributed by atoms with Gasteiger partial charge in [-0.1, -0.05) is 17.7 Å². The number of aryl methyl sites for hydroxylation is 2. The summed E-state index contributed by atoms with van der Waals surface area (Å²) in [7, 11) is 0. The first-order valence-electron chi connectivity index (χ1n) is 6.06. The molecular formula is C14H17N3OS. The van der Waals surface area contributed by atoms with Crippen molar-refractivity contribution in [3.05, 3.63) is 45.4 Å². The molecule has 2 rings (SSSR count). The second-order valence-corrected chi connectivity index (χ2v) is 5.43. The van der Waals surface area contributed by atoms with Gasteiger partial charge in [0.25, 0.3) is 0 Å². The van der Waals surface area contributed by atoms with Gasteiger partial charge in [-0.3, -0.25) is 5.41 Å². The zero-order chi connectivity index (χ0) is 13.8. The highest BCUT2D eigenvalue weighted by Crippen LogP contribution is 2.18. The molecule has 0 aliphatic carbocycles. The minimum atomic E-state index is 0.0840. The van der Waals surface area contributed by atoms with Gasteiger partial charge in [-0.25, -0.2) is 4.98 Å². The Morgan fingerprint density at radius 1 is 1.32 bits per heavy atom. The molecule has 0 spiro atoms. The van der Waals surface area contributed by atoms with Crippen LogP contribution in [0.3, 0.4) is 0 Å². The summed E-state index contributed by atoms with van der Waals surface area (Å²) in [6.45, 7) is 4.50. The number of amidine groups is 1. The first kappa shape index (κ1) is 13.5. The number of thiazole rings is 1. The third-order valence-corrected chi connectivity index (χ3v) is 3.94. The van der Waals surface area contributed by atoms with Crippen molar-refractivity contribution in [3.63, 3.8) is 0 Å². The molecule has 0 amide bonds. The Labute approximate surface area is 116 Å². The number of nitrogens with two attached hydrogens (primary N) is 1. The van der Waals surface area contributed by atoms with Gasteiger partial charge in [0.1, 0.15) is 11.6 Å². The fraction of sp³-hybridized carbons (Fsp3) is 0.286. The lowest BCUT2D eigenvalue weighted by Gasteiger charge is -2.04. The Morgan fingerprint density at radius 2 is 2.00 bits per heavy atom. The number of ether oxygens (including phenoxy) is 1. The van der Waals surface area contributed by atoms with Gasteiger partial charge in [0.2, 0.25) is 0 Å². The Hall–Kier alpha value is -1.88. The molecule has 0 saturated heterocycles. The molecule has 4 nitrogen and oxygen atoms in total. The van der Waals surface area contributed by atoms with Gasteiger partial charge in [0.15, 0.2) is 0 Å².